The summed E-state index contributed by atoms with van der Waals surface area (Å²) in [5.41, 5.74) is 0. The van der Waals surface area contributed by atoms with Gasteiger partial charge in [0.15, 0.2) is 0 Å². The maximum Gasteiger partial charge on any atom is 0 e. The van der Waals surface area contributed by atoms with Crippen LogP contribution in [0, 0.1) is 134 Å². The van der Waals surface area contributed by atoms with E-state index in [0.717, 1.165) is 0 Å². The van der Waals surface area contributed by atoms with Gasteiger partial charge in [0.1, 0.15) is 0 Å². The van der Waals surface area contributed by atoms with E-state index in [1.165, 1.54) is 0 Å². The van der Waals surface area contributed by atoms with Gasteiger partial charge in [-0.05, 0) is 0 Å². The number of hydrogen-bond acceptors (Lipinski definition) is 0. The van der Waals surface area contributed by atoms with Crippen molar-refractivity contribution in [2.45, 2.75) is 0 Å². The zero-order valence-electron chi connectivity index (χ0n) is 30.7. The minimum absolute atomic E-state index is 0. The second kappa shape index (κ2) is 1280. The van der Waals surface area contributed by atoms with Crippen molar-refractivity contribution in [2.24, 2.45) is 0 Å². The van der Waals surface area contributed by atoms with Crippen LogP contribution in [0.4, 0.5) is 0 Å². The molecule has 0 nitrogen and oxygen atoms in total. The molecular formula is C18Cr18Mn23Ni18. The van der Waals surface area contributed by atoms with Crippen molar-refractivity contribution < 1.29 is 1000 Å². The molecule has 0 aliphatic rings. The first-order valence-electron chi connectivity index (χ1n) is 0. The summed E-state index contributed by atoms with van der Waals surface area (Å²) in [5.74, 6) is 0. The molecule has 95 radical (unpaired) electrons. The molecular weight excluding hydrogens is 3470 g/mol. The van der Waals surface area contributed by atoms with E-state index in [4.69, 9.17) is 0 Å². The van der Waals surface area contributed by atoms with Gasteiger partial charge in [-0.2, -0.15) is 0 Å². The third kappa shape index (κ3) is 1250. The quantitative estimate of drug-likeness (QED) is 0.322. The van der Waals surface area contributed by atoms with Crippen molar-refractivity contribution in [2.75, 3.05) is 0 Å². The second-order valence-corrected chi connectivity index (χ2v) is 0. The average molecular weight is 3470 g/mol. The first-order chi connectivity index (χ1) is 0. The molecule has 0 aromatic rings. The van der Waals surface area contributed by atoms with Crippen LogP contribution in [0.1, 0.15) is 0 Å². The number of hydrogen-bond donors (Lipinski definition) is 0. The summed E-state index contributed by atoms with van der Waals surface area (Å²) < 4.78 is 0. The van der Waals surface area contributed by atoms with Crippen LogP contribution in [0.25, 0.3) is 0 Å². The first-order valence-corrected chi connectivity index (χ1v) is 0. The van der Waals surface area contributed by atoms with E-state index < -0.39 is 0 Å². The van der Waals surface area contributed by atoms with Gasteiger partial charge in [0.2, 0.25) is 0 Å². The summed E-state index contributed by atoms with van der Waals surface area (Å²) in [5, 5.41) is 0. The monoisotopic (exact) mass is 3460 g/mol. The molecule has 0 amide bonds. The van der Waals surface area contributed by atoms with Crippen LogP contribution >= 0.6 is 0 Å². The first kappa shape index (κ1) is 1310. The molecule has 0 unspecified atom stereocenters. The van der Waals surface area contributed by atoms with Crippen molar-refractivity contribution in [1.29, 1.82) is 0 Å². The predicted molar refractivity (Wildman–Crippen MR) is 58.4 cm³/mol. The Morgan fingerprint density at radius 2 is 0.0519 bits per heavy atom. The van der Waals surface area contributed by atoms with Crippen LogP contribution in [0.2, 0.25) is 0 Å². The third-order valence-electron chi connectivity index (χ3n) is 0. The molecule has 0 aromatic heterocycles. The third-order valence-corrected chi connectivity index (χ3v) is 0. The Bertz CT molecular complexity index is 153. The molecule has 0 spiro atoms. The topological polar surface area (TPSA) is 0 Å². The summed E-state index contributed by atoms with van der Waals surface area (Å²) in [4.78, 5) is 0. The fraction of sp³-hybridized carbons (Fsp3) is 0. The fourth-order valence-corrected chi connectivity index (χ4v) is 0. The molecule has 0 fully saturated rings. The van der Waals surface area contributed by atoms with Gasteiger partial charge in [0, 0.05) is 1140 Å². The molecule has 0 atom stereocenters. The Balaban J connectivity index is 0. The smallest absolute Gasteiger partial charge is 0 e. The largest absolute Gasteiger partial charge is 0 e. The summed E-state index contributed by atoms with van der Waals surface area (Å²) >= 11 is 0. The second-order valence-electron chi connectivity index (χ2n) is 0. The van der Waals surface area contributed by atoms with Crippen molar-refractivity contribution >= 4 is 0 Å². The Kier molecular flexibility index (Phi) is 21800. The van der Waals surface area contributed by atoms with E-state index in [-0.39, 0.29) is 1140 Å². The van der Waals surface area contributed by atoms with Crippen LogP contribution in [-0.4, -0.2) is 0 Å². The van der Waals surface area contributed by atoms with Gasteiger partial charge in [-0.25, -0.2) is 0 Å². The Hall–Kier alpha value is 30.4. The molecule has 521 valence electrons. The Morgan fingerprint density at radius 3 is 0.0519 bits per heavy atom. The molecule has 77 heavy (non-hydrogen) atoms. The van der Waals surface area contributed by atoms with Crippen LogP contribution in [0.5, 0.6) is 0 Å². The minimum atomic E-state index is 0. The average Bonchev–Trinajstić information content (AvgIpc) is 0. The number of rotatable bonds is 0. The summed E-state index contributed by atoms with van der Waals surface area (Å²) in [7, 11) is 0. The van der Waals surface area contributed by atoms with E-state index in [2.05, 4.69) is 0 Å². The van der Waals surface area contributed by atoms with Gasteiger partial charge in [-0.15, -0.1) is 0 Å². The summed E-state index contributed by atoms with van der Waals surface area (Å²) in [6, 6.07) is 0. The minimum Gasteiger partial charge on any atom is 0 e. The van der Waals surface area contributed by atoms with Crippen molar-refractivity contribution in [3.8, 4) is 0 Å². The standard InChI is InChI=1S/18C.18Cr.23Mn.18Ni. The molecule has 0 aliphatic carbocycles. The van der Waals surface area contributed by atoms with Gasteiger partial charge >= 0.3 is 0 Å². The van der Waals surface area contributed by atoms with E-state index >= 15 is 0 Å². The van der Waals surface area contributed by atoms with Crippen molar-refractivity contribution in [3.63, 3.8) is 0 Å². The van der Waals surface area contributed by atoms with Crippen molar-refractivity contribution in [1.82, 2.24) is 0 Å². The molecule has 0 saturated carbocycles. The molecule has 0 heterocycles. The SMILES string of the molecule is [C].[C].[C].[C].[C].[C].[C].[C].[C].[C].[C].[C].[C].[C].[C].[C].[C].[C].[Cr].[Cr].[Cr].[Cr].[Cr].[Cr].[Cr].[Cr].[Cr].[Cr].[Cr].[Cr].[Cr].[Cr].[Cr].[Cr].[Cr].[Cr].[Mn].[Mn].[Mn].[Mn].[Mn].[Mn].[Mn].[Mn].[Mn].[Mn].[Mn].[Mn].[Mn].[Mn].[Mn].[Mn].[Mn].[Mn].[Mn].[Mn].[Mn].[Mn].[Mn].[Ni].[Ni].[Ni].[Ni].[Ni].[Ni].[Ni].[Ni].[Ni].[Ni].[Ni].[Ni].[Ni].[Ni].[Ni].[Ni].[Ni].[Ni]. The van der Waals surface area contributed by atoms with Gasteiger partial charge in [0.05, 0.1) is 0 Å². The van der Waals surface area contributed by atoms with Gasteiger partial charge in [0.25, 0.3) is 0 Å². The van der Waals surface area contributed by atoms with Crippen molar-refractivity contribution in [3.05, 3.63) is 134 Å². The molecule has 0 bridgehead atoms. The van der Waals surface area contributed by atoms with Gasteiger partial charge in [-0.3, -0.25) is 0 Å². The van der Waals surface area contributed by atoms with Crippen LogP contribution < -0.4 is 0 Å². The Morgan fingerprint density at radius 1 is 0.0519 bits per heavy atom. The summed E-state index contributed by atoms with van der Waals surface area (Å²) in [6.45, 7) is 0. The van der Waals surface area contributed by atoms with Crippen LogP contribution in [0.15, 0.2) is 0 Å². The molecule has 0 aromatic carbocycles. The molecule has 0 aliphatic heterocycles. The zero-order valence-corrected chi connectivity index (χ0v) is 98.6. The maximum atomic E-state index is 0. The van der Waals surface area contributed by atoms with Crippen LogP contribution in [-0.2, 0) is 1000 Å². The maximum absolute atomic E-state index is 0. The molecule has 0 N–H and O–H groups in total. The van der Waals surface area contributed by atoms with Crippen LogP contribution in [0.3, 0.4) is 0 Å². The Labute approximate surface area is 1110 Å². The predicted octanol–water partition coefficient (Wildman–Crippen LogP) is 1.32. The van der Waals surface area contributed by atoms with E-state index in [0.29, 0.717) is 0 Å². The molecule has 0 rings (SSSR count). The molecule has 0 saturated heterocycles. The van der Waals surface area contributed by atoms with Gasteiger partial charge < -0.3 is 0 Å². The van der Waals surface area contributed by atoms with E-state index in [1.807, 2.05) is 0 Å². The zero-order chi connectivity index (χ0) is 0. The van der Waals surface area contributed by atoms with Gasteiger partial charge in [-0.1, -0.05) is 0 Å². The molecule has 59 heteroatoms. The fourth-order valence-electron chi connectivity index (χ4n) is 0. The summed E-state index contributed by atoms with van der Waals surface area (Å²) in [6.07, 6.45) is 0. The van der Waals surface area contributed by atoms with E-state index in [9.17, 15) is 0 Å². The normalized spacial score (nSPS) is 0. The van der Waals surface area contributed by atoms with E-state index in [1.54, 1.807) is 0 Å².